The van der Waals surface area contributed by atoms with Gasteiger partial charge in [0, 0.05) is 18.3 Å². The smallest absolute Gasteiger partial charge is 0.220 e. The molecule has 0 saturated heterocycles. The molecule has 1 aromatic carbocycles. The molecular weight excluding hydrogens is 314 g/mol. The van der Waals surface area contributed by atoms with Crippen molar-refractivity contribution in [2.75, 3.05) is 0 Å². The predicted molar refractivity (Wildman–Crippen MR) is 86.7 cm³/mol. The van der Waals surface area contributed by atoms with Gasteiger partial charge in [0.15, 0.2) is 0 Å². The Bertz CT molecular complexity index is 425. The fourth-order valence-electron chi connectivity index (χ4n) is 2.93. The third-order valence-electron chi connectivity index (χ3n) is 4.08. The van der Waals surface area contributed by atoms with Gasteiger partial charge >= 0.3 is 0 Å². The molecule has 2 nitrogen and oxygen atoms in total. The normalized spacial score (nSPS) is 16.6. The first-order valence-electron chi connectivity index (χ1n) is 7.68. The highest BCUT2D eigenvalue weighted by Gasteiger charge is 2.15. The largest absolute Gasteiger partial charge is 0.352 e. The minimum Gasteiger partial charge on any atom is -0.352 e. The minimum atomic E-state index is 0.209. The van der Waals surface area contributed by atoms with E-state index in [1.165, 1.54) is 49.7 Å². The van der Waals surface area contributed by atoms with Crippen LogP contribution in [0.5, 0.6) is 0 Å². The Hall–Kier alpha value is -0.830. The lowest BCUT2D eigenvalue weighted by Gasteiger charge is -2.13. The number of rotatable bonds is 5. The van der Waals surface area contributed by atoms with Gasteiger partial charge in [0.1, 0.15) is 0 Å². The van der Waals surface area contributed by atoms with Crippen molar-refractivity contribution in [3.8, 4) is 0 Å². The number of halogens is 1. The SMILES string of the molecule is O=C(CC1CCCCCC1)NCc1cccc(CBr)c1. The predicted octanol–water partition coefficient (Wildman–Crippen LogP) is 4.56. The average molecular weight is 338 g/mol. The Balaban J connectivity index is 1.76. The summed E-state index contributed by atoms with van der Waals surface area (Å²) in [5, 5.41) is 3.92. The number of nitrogens with one attached hydrogen (secondary N) is 1. The average Bonchev–Trinajstić information content (AvgIpc) is 2.74. The van der Waals surface area contributed by atoms with Crippen LogP contribution in [0.1, 0.15) is 56.1 Å². The lowest BCUT2D eigenvalue weighted by Crippen LogP contribution is -2.25. The quantitative estimate of drug-likeness (QED) is 0.619. The second-order valence-electron chi connectivity index (χ2n) is 5.79. The molecule has 0 unspecified atom stereocenters. The van der Waals surface area contributed by atoms with Crippen LogP contribution >= 0.6 is 15.9 Å². The van der Waals surface area contributed by atoms with E-state index in [9.17, 15) is 4.79 Å². The number of alkyl halides is 1. The van der Waals surface area contributed by atoms with Gasteiger partial charge in [0.25, 0.3) is 0 Å². The van der Waals surface area contributed by atoms with E-state index in [1.54, 1.807) is 0 Å². The van der Waals surface area contributed by atoms with Gasteiger partial charge in [-0.25, -0.2) is 0 Å². The van der Waals surface area contributed by atoms with E-state index in [2.05, 4.69) is 39.4 Å². The number of hydrogen-bond donors (Lipinski definition) is 1. The summed E-state index contributed by atoms with van der Waals surface area (Å²) in [4.78, 5) is 12.0. The molecular formula is C17H24BrNO. The zero-order valence-electron chi connectivity index (χ0n) is 12.0. The lowest BCUT2D eigenvalue weighted by atomic mass is 9.96. The topological polar surface area (TPSA) is 29.1 Å². The van der Waals surface area contributed by atoms with Crippen molar-refractivity contribution < 1.29 is 4.79 Å². The number of carbonyl (C=O) groups excluding carboxylic acids is 1. The van der Waals surface area contributed by atoms with Gasteiger partial charge in [0.05, 0.1) is 0 Å². The number of benzene rings is 1. The maximum atomic E-state index is 12.0. The molecule has 0 radical (unpaired) electrons. The summed E-state index contributed by atoms with van der Waals surface area (Å²) in [6.07, 6.45) is 8.45. The zero-order valence-corrected chi connectivity index (χ0v) is 13.6. The van der Waals surface area contributed by atoms with Gasteiger partial charge in [-0.2, -0.15) is 0 Å². The van der Waals surface area contributed by atoms with E-state index in [-0.39, 0.29) is 5.91 Å². The summed E-state index contributed by atoms with van der Waals surface area (Å²) in [6, 6.07) is 8.34. The third-order valence-corrected chi connectivity index (χ3v) is 4.73. The van der Waals surface area contributed by atoms with Crippen molar-refractivity contribution in [1.29, 1.82) is 0 Å². The van der Waals surface area contributed by atoms with Crippen molar-refractivity contribution in [2.24, 2.45) is 5.92 Å². The maximum absolute atomic E-state index is 12.0. The van der Waals surface area contributed by atoms with E-state index in [4.69, 9.17) is 0 Å². The van der Waals surface area contributed by atoms with Crippen molar-refractivity contribution in [3.05, 3.63) is 35.4 Å². The molecule has 1 fully saturated rings. The highest BCUT2D eigenvalue weighted by atomic mass is 79.9. The Morgan fingerprint density at radius 1 is 1.15 bits per heavy atom. The van der Waals surface area contributed by atoms with Gasteiger partial charge < -0.3 is 5.32 Å². The minimum absolute atomic E-state index is 0.209. The molecule has 1 aliphatic carbocycles. The molecule has 0 bridgehead atoms. The monoisotopic (exact) mass is 337 g/mol. The van der Waals surface area contributed by atoms with Crippen LogP contribution in [0.3, 0.4) is 0 Å². The molecule has 2 rings (SSSR count). The van der Waals surface area contributed by atoms with Gasteiger partial charge in [-0.1, -0.05) is 65.9 Å². The highest BCUT2D eigenvalue weighted by molar-refractivity contribution is 9.08. The first-order valence-corrected chi connectivity index (χ1v) is 8.80. The van der Waals surface area contributed by atoms with E-state index >= 15 is 0 Å². The molecule has 1 N–H and O–H groups in total. The van der Waals surface area contributed by atoms with Crippen LogP contribution in [0.2, 0.25) is 0 Å². The molecule has 1 aromatic rings. The van der Waals surface area contributed by atoms with Crippen molar-refractivity contribution in [2.45, 2.75) is 56.8 Å². The summed E-state index contributed by atoms with van der Waals surface area (Å²) in [6.45, 7) is 0.645. The molecule has 1 saturated carbocycles. The molecule has 3 heteroatoms. The highest BCUT2D eigenvalue weighted by Crippen LogP contribution is 2.25. The van der Waals surface area contributed by atoms with Crippen molar-refractivity contribution in [3.63, 3.8) is 0 Å². The first-order chi connectivity index (χ1) is 9.78. The van der Waals surface area contributed by atoms with Crippen LogP contribution in [0.15, 0.2) is 24.3 Å². The fourth-order valence-corrected chi connectivity index (χ4v) is 3.27. The molecule has 1 amide bonds. The van der Waals surface area contributed by atoms with Crippen LogP contribution in [0.25, 0.3) is 0 Å². The van der Waals surface area contributed by atoms with Crippen molar-refractivity contribution in [1.82, 2.24) is 5.32 Å². The van der Waals surface area contributed by atoms with E-state index in [1.807, 2.05) is 6.07 Å². The van der Waals surface area contributed by atoms with E-state index in [0.717, 1.165) is 5.33 Å². The van der Waals surface area contributed by atoms with Crippen LogP contribution in [0.4, 0.5) is 0 Å². The van der Waals surface area contributed by atoms with Crippen LogP contribution in [-0.4, -0.2) is 5.91 Å². The molecule has 0 aliphatic heterocycles. The molecule has 20 heavy (non-hydrogen) atoms. The molecule has 0 atom stereocenters. The Morgan fingerprint density at radius 3 is 2.55 bits per heavy atom. The zero-order chi connectivity index (χ0) is 14.2. The Kier molecular flexibility index (Phi) is 6.58. The third kappa shape index (κ3) is 5.28. The number of carbonyl (C=O) groups is 1. The number of hydrogen-bond acceptors (Lipinski definition) is 1. The van der Waals surface area contributed by atoms with E-state index < -0.39 is 0 Å². The van der Waals surface area contributed by atoms with Gasteiger partial charge in [0.2, 0.25) is 5.91 Å². The summed E-state index contributed by atoms with van der Waals surface area (Å²) in [5.41, 5.74) is 2.43. The second-order valence-corrected chi connectivity index (χ2v) is 6.35. The second kappa shape index (κ2) is 8.46. The van der Waals surface area contributed by atoms with Crippen LogP contribution in [0, 0.1) is 5.92 Å². The maximum Gasteiger partial charge on any atom is 0.220 e. The van der Waals surface area contributed by atoms with E-state index in [0.29, 0.717) is 18.9 Å². The lowest BCUT2D eigenvalue weighted by molar-refractivity contribution is -0.122. The van der Waals surface area contributed by atoms with Gasteiger partial charge in [-0.3, -0.25) is 4.79 Å². The standard InChI is InChI=1S/C17H24BrNO/c18-12-15-8-5-9-16(10-15)13-19-17(20)11-14-6-3-1-2-4-7-14/h5,8-10,14H,1-4,6-7,11-13H2,(H,19,20). The molecule has 0 aromatic heterocycles. The summed E-state index contributed by atoms with van der Waals surface area (Å²) < 4.78 is 0. The Morgan fingerprint density at radius 2 is 1.85 bits per heavy atom. The van der Waals surface area contributed by atoms with Gasteiger partial charge in [-0.15, -0.1) is 0 Å². The van der Waals surface area contributed by atoms with Crippen molar-refractivity contribution >= 4 is 21.8 Å². The molecule has 0 heterocycles. The van der Waals surface area contributed by atoms with Crippen LogP contribution < -0.4 is 5.32 Å². The number of amides is 1. The summed E-state index contributed by atoms with van der Waals surface area (Å²) in [5.74, 6) is 0.813. The Labute approximate surface area is 130 Å². The molecule has 0 spiro atoms. The molecule has 110 valence electrons. The first kappa shape index (κ1) is 15.6. The van der Waals surface area contributed by atoms with Gasteiger partial charge in [-0.05, 0) is 29.9 Å². The van der Waals surface area contributed by atoms with Crippen LogP contribution in [-0.2, 0) is 16.7 Å². The summed E-state index contributed by atoms with van der Waals surface area (Å²) in [7, 11) is 0. The summed E-state index contributed by atoms with van der Waals surface area (Å²) >= 11 is 3.46. The fraction of sp³-hybridized carbons (Fsp3) is 0.588. The molecule has 1 aliphatic rings.